The van der Waals surface area contributed by atoms with E-state index in [0.717, 1.165) is 6.42 Å². The van der Waals surface area contributed by atoms with E-state index in [1.165, 1.54) is 0 Å². The molecule has 5 nitrogen and oxygen atoms in total. The normalized spacial score (nSPS) is 24.6. The summed E-state index contributed by atoms with van der Waals surface area (Å²) >= 11 is 0. The summed E-state index contributed by atoms with van der Waals surface area (Å²) in [5.41, 5.74) is -0.764. The molecule has 0 aromatic rings. The zero-order valence-corrected chi connectivity index (χ0v) is 13.3. The lowest BCUT2D eigenvalue weighted by Gasteiger charge is -2.30. The second-order valence-corrected chi connectivity index (χ2v) is 7.04. The van der Waals surface area contributed by atoms with Gasteiger partial charge in [0, 0.05) is 19.1 Å². The van der Waals surface area contributed by atoms with Crippen molar-refractivity contribution in [3.05, 3.63) is 0 Å². The molecule has 1 saturated heterocycles. The van der Waals surface area contributed by atoms with Crippen LogP contribution in [-0.4, -0.2) is 41.1 Å². The summed E-state index contributed by atoms with van der Waals surface area (Å²) in [4.78, 5) is 25.4. The Balaban J connectivity index is 2.67. The van der Waals surface area contributed by atoms with Crippen LogP contribution in [0.4, 0.5) is 4.79 Å². The first-order valence-corrected chi connectivity index (χ1v) is 7.41. The number of carbonyl (C=O) groups is 2. The van der Waals surface area contributed by atoms with Gasteiger partial charge < -0.3 is 15.3 Å². The predicted molar refractivity (Wildman–Crippen MR) is 78.6 cm³/mol. The number of hydrogen-bond donors (Lipinski definition) is 2. The van der Waals surface area contributed by atoms with Crippen LogP contribution in [0, 0.1) is 10.8 Å². The first-order valence-electron chi connectivity index (χ1n) is 7.41. The van der Waals surface area contributed by atoms with Crippen LogP contribution >= 0.6 is 0 Å². The third-order valence-corrected chi connectivity index (χ3v) is 4.46. The number of rotatable bonds is 4. The van der Waals surface area contributed by atoms with Crippen molar-refractivity contribution in [2.45, 2.75) is 59.9 Å². The highest BCUT2D eigenvalue weighted by Gasteiger charge is 2.45. The molecule has 0 aromatic heterocycles. The van der Waals surface area contributed by atoms with Gasteiger partial charge in [0.15, 0.2) is 0 Å². The van der Waals surface area contributed by atoms with Crippen molar-refractivity contribution in [1.29, 1.82) is 0 Å². The Labute approximate surface area is 121 Å². The summed E-state index contributed by atoms with van der Waals surface area (Å²) in [5, 5.41) is 12.4. The molecule has 0 aliphatic carbocycles. The SMILES string of the molecule is CCCC1(C(=O)O)CCN(C(=O)NC(C)C(C)(C)C)C1. The molecule has 2 N–H and O–H groups in total. The number of carboxylic acid groups (broad SMARTS) is 1. The zero-order chi connectivity index (χ0) is 15.6. The molecule has 2 unspecified atom stereocenters. The fraction of sp³-hybridized carbons (Fsp3) is 0.867. The van der Waals surface area contributed by atoms with Crippen molar-refractivity contribution in [3.63, 3.8) is 0 Å². The quantitative estimate of drug-likeness (QED) is 0.834. The first kappa shape index (κ1) is 16.8. The number of aliphatic carboxylic acids is 1. The van der Waals surface area contributed by atoms with E-state index < -0.39 is 11.4 Å². The van der Waals surface area contributed by atoms with E-state index in [2.05, 4.69) is 26.1 Å². The van der Waals surface area contributed by atoms with Crippen molar-refractivity contribution in [2.24, 2.45) is 10.8 Å². The smallest absolute Gasteiger partial charge is 0.317 e. The summed E-state index contributed by atoms with van der Waals surface area (Å²) in [6, 6.07) is -0.104. The molecule has 1 aliphatic heterocycles. The third-order valence-electron chi connectivity index (χ3n) is 4.46. The minimum Gasteiger partial charge on any atom is -0.481 e. The number of urea groups is 1. The molecular weight excluding hydrogens is 256 g/mol. The highest BCUT2D eigenvalue weighted by atomic mass is 16.4. The van der Waals surface area contributed by atoms with Gasteiger partial charge in [0.25, 0.3) is 0 Å². The van der Waals surface area contributed by atoms with Crippen molar-refractivity contribution < 1.29 is 14.7 Å². The van der Waals surface area contributed by atoms with Crippen LogP contribution in [0.15, 0.2) is 0 Å². The number of nitrogens with zero attached hydrogens (tertiary/aromatic N) is 1. The standard InChI is InChI=1S/C15H28N2O3/c1-6-7-15(12(18)19)8-9-17(10-15)13(20)16-11(2)14(3,4)5/h11H,6-10H2,1-5H3,(H,16,20)(H,18,19). The van der Waals surface area contributed by atoms with E-state index in [1.807, 2.05) is 13.8 Å². The maximum Gasteiger partial charge on any atom is 0.317 e. The van der Waals surface area contributed by atoms with Crippen LogP contribution in [0.1, 0.15) is 53.9 Å². The van der Waals surface area contributed by atoms with E-state index in [-0.39, 0.29) is 17.5 Å². The van der Waals surface area contributed by atoms with E-state index in [9.17, 15) is 14.7 Å². The van der Waals surface area contributed by atoms with Crippen molar-refractivity contribution in [3.8, 4) is 0 Å². The number of carboxylic acids is 1. The van der Waals surface area contributed by atoms with Gasteiger partial charge in [0.05, 0.1) is 5.41 Å². The van der Waals surface area contributed by atoms with Crippen LogP contribution in [0.25, 0.3) is 0 Å². The van der Waals surface area contributed by atoms with Crippen LogP contribution in [0.5, 0.6) is 0 Å². The van der Waals surface area contributed by atoms with Crippen LogP contribution < -0.4 is 5.32 Å². The van der Waals surface area contributed by atoms with Gasteiger partial charge in [-0.15, -0.1) is 0 Å². The number of nitrogens with one attached hydrogen (secondary N) is 1. The molecule has 2 atom stereocenters. The Hall–Kier alpha value is -1.26. The number of carbonyl (C=O) groups excluding carboxylic acids is 1. The first-order chi connectivity index (χ1) is 9.12. The van der Waals surface area contributed by atoms with E-state index in [0.29, 0.717) is 25.9 Å². The van der Waals surface area contributed by atoms with Gasteiger partial charge in [-0.3, -0.25) is 4.79 Å². The maximum atomic E-state index is 12.2. The molecule has 1 aliphatic rings. The number of likely N-dealkylation sites (tertiary alicyclic amines) is 1. The Morgan fingerprint density at radius 3 is 2.45 bits per heavy atom. The highest BCUT2D eigenvalue weighted by molar-refractivity contribution is 5.79. The molecule has 5 heteroatoms. The largest absolute Gasteiger partial charge is 0.481 e. The van der Waals surface area contributed by atoms with Crippen LogP contribution in [-0.2, 0) is 4.79 Å². The number of hydrogen-bond acceptors (Lipinski definition) is 2. The summed E-state index contributed by atoms with van der Waals surface area (Å²) in [7, 11) is 0. The summed E-state index contributed by atoms with van der Waals surface area (Å²) in [6.45, 7) is 11.0. The molecule has 2 amide bonds. The maximum absolute atomic E-state index is 12.2. The monoisotopic (exact) mass is 284 g/mol. The Morgan fingerprint density at radius 2 is 2.00 bits per heavy atom. The van der Waals surface area contributed by atoms with Gasteiger partial charge in [-0.25, -0.2) is 4.79 Å². The third kappa shape index (κ3) is 3.64. The van der Waals surface area contributed by atoms with Gasteiger partial charge in [-0.1, -0.05) is 34.1 Å². The summed E-state index contributed by atoms with van der Waals surface area (Å²) in [5.74, 6) is -0.779. The Bertz CT molecular complexity index is 376. The molecule has 0 aromatic carbocycles. The molecular formula is C15H28N2O3. The van der Waals surface area contributed by atoms with Crippen LogP contribution in [0.2, 0.25) is 0 Å². The van der Waals surface area contributed by atoms with Gasteiger partial charge >= 0.3 is 12.0 Å². The van der Waals surface area contributed by atoms with E-state index in [4.69, 9.17) is 0 Å². The molecule has 1 rings (SSSR count). The van der Waals surface area contributed by atoms with Crippen molar-refractivity contribution >= 4 is 12.0 Å². The van der Waals surface area contributed by atoms with Gasteiger partial charge in [-0.2, -0.15) is 0 Å². The lowest BCUT2D eigenvalue weighted by Crippen LogP contribution is -2.48. The molecule has 1 fully saturated rings. The van der Waals surface area contributed by atoms with Crippen LogP contribution in [0.3, 0.4) is 0 Å². The van der Waals surface area contributed by atoms with Gasteiger partial charge in [0.2, 0.25) is 0 Å². The average molecular weight is 284 g/mol. The molecule has 0 spiro atoms. The van der Waals surface area contributed by atoms with Crippen molar-refractivity contribution in [1.82, 2.24) is 10.2 Å². The molecule has 1 heterocycles. The van der Waals surface area contributed by atoms with Gasteiger partial charge in [0.1, 0.15) is 0 Å². The fourth-order valence-corrected chi connectivity index (χ4v) is 2.50. The average Bonchev–Trinajstić information content (AvgIpc) is 2.74. The minimum absolute atomic E-state index is 0.0112. The minimum atomic E-state index is -0.779. The van der Waals surface area contributed by atoms with E-state index in [1.54, 1.807) is 4.90 Å². The lowest BCUT2D eigenvalue weighted by molar-refractivity contribution is -0.148. The predicted octanol–water partition coefficient (Wildman–Crippen LogP) is 2.71. The highest BCUT2D eigenvalue weighted by Crippen LogP contribution is 2.35. The molecule has 20 heavy (non-hydrogen) atoms. The van der Waals surface area contributed by atoms with E-state index >= 15 is 0 Å². The Kier molecular flexibility index (Phi) is 5.05. The topological polar surface area (TPSA) is 69.6 Å². The molecule has 116 valence electrons. The number of amides is 2. The molecule has 0 bridgehead atoms. The lowest BCUT2D eigenvalue weighted by atomic mass is 9.83. The van der Waals surface area contributed by atoms with Gasteiger partial charge in [-0.05, 0) is 25.2 Å². The zero-order valence-electron chi connectivity index (χ0n) is 13.3. The summed E-state index contributed by atoms with van der Waals surface area (Å²) in [6.07, 6.45) is 1.99. The van der Waals surface area contributed by atoms with Crippen molar-refractivity contribution in [2.75, 3.05) is 13.1 Å². The fourth-order valence-electron chi connectivity index (χ4n) is 2.50. The molecule has 0 saturated carbocycles. The second kappa shape index (κ2) is 6.02. The second-order valence-electron chi connectivity index (χ2n) is 7.04. The molecule has 0 radical (unpaired) electrons. The Morgan fingerprint density at radius 1 is 1.40 bits per heavy atom. The summed E-state index contributed by atoms with van der Waals surface area (Å²) < 4.78 is 0.